The van der Waals surface area contributed by atoms with Gasteiger partial charge in [-0.25, -0.2) is 0 Å². The lowest BCUT2D eigenvalue weighted by Gasteiger charge is -2.15. The van der Waals surface area contributed by atoms with Crippen LogP contribution < -0.4 is 0 Å². The molecule has 0 aromatic heterocycles. The summed E-state index contributed by atoms with van der Waals surface area (Å²) in [4.78, 5) is 4.91. The highest BCUT2D eigenvalue weighted by molar-refractivity contribution is 5.91. The Morgan fingerprint density at radius 1 is 1.00 bits per heavy atom. The zero-order valence-electron chi connectivity index (χ0n) is 11.8. The molecule has 16 heavy (non-hydrogen) atoms. The molecule has 1 nitrogen and oxygen atoms in total. The summed E-state index contributed by atoms with van der Waals surface area (Å²) >= 11 is 0. The lowest BCUT2D eigenvalue weighted by Crippen LogP contribution is -2.09. The molecule has 0 N–H and O–H groups in total. The topological polar surface area (TPSA) is 12.4 Å². The van der Waals surface area contributed by atoms with E-state index in [0.29, 0.717) is 17.8 Å². The summed E-state index contributed by atoms with van der Waals surface area (Å²) in [5.41, 5.74) is 4.40. The standard InChI is InChI=1S/C15H27N/c1-7-11(5)13-9-14(12(6)8-2)16-15(13)10(3)4/h10-12H,7-9H2,1-6H3. The SMILES string of the molecule is CCC(C)C1=NC(C(C)C)=C(C(C)CC)C1. The van der Waals surface area contributed by atoms with E-state index in [2.05, 4.69) is 41.5 Å². The molecule has 92 valence electrons. The van der Waals surface area contributed by atoms with Crippen LogP contribution >= 0.6 is 0 Å². The first kappa shape index (κ1) is 13.5. The molecule has 1 heterocycles. The van der Waals surface area contributed by atoms with Crippen molar-refractivity contribution in [1.29, 1.82) is 0 Å². The van der Waals surface area contributed by atoms with Crippen LogP contribution in [0.3, 0.4) is 0 Å². The van der Waals surface area contributed by atoms with Gasteiger partial charge in [0.2, 0.25) is 0 Å². The van der Waals surface area contributed by atoms with Gasteiger partial charge in [0.25, 0.3) is 0 Å². The van der Waals surface area contributed by atoms with Gasteiger partial charge in [-0.3, -0.25) is 4.99 Å². The fourth-order valence-electron chi connectivity index (χ4n) is 2.24. The quantitative estimate of drug-likeness (QED) is 0.630. The van der Waals surface area contributed by atoms with Crippen molar-refractivity contribution in [2.24, 2.45) is 22.7 Å². The van der Waals surface area contributed by atoms with Gasteiger partial charge in [0.1, 0.15) is 0 Å². The van der Waals surface area contributed by atoms with Crippen LogP contribution in [-0.4, -0.2) is 5.71 Å². The Bertz CT molecular complexity index is 297. The van der Waals surface area contributed by atoms with Gasteiger partial charge in [0.05, 0.1) is 0 Å². The molecular weight excluding hydrogens is 194 g/mol. The van der Waals surface area contributed by atoms with Crippen LogP contribution in [0.15, 0.2) is 16.3 Å². The molecule has 0 bridgehead atoms. The highest BCUT2D eigenvalue weighted by Crippen LogP contribution is 2.34. The fraction of sp³-hybridized carbons (Fsp3) is 0.800. The van der Waals surface area contributed by atoms with Crippen molar-refractivity contribution < 1.29 is 0 Å². The minimum atomic E-state index is 0.575. The van der Waals surface area contributed by atoms with Crippen molar-refractivity contribution in [2.75, 3.05) is 0 Å². The van der Waals surface area contributed by atoms with E-state index >= 15 is 0 Å². The second-order valence-electron chi connectivity index (χ2n) is 5.46. The summed E-state index contributed by atoms with van der Waals surface area (Å²) in [5.74, 6) is 1.92. The van der Waals surface area contributed by atoms with Gasteiger partial charge >= 0.3 is 0 Å². The van der Waals surface area contributed by atoms with Gasteiger partial charge in [-0.2, -0.15) is 0 Å². The average Bonchev–Trinajstić information content (AvgIpc) is 2.71. The third kappa shape index (κ3) is 2.75. The molecular formula is C15H27N. The molecule has 0 spiro atoms. The lowest BCUT2D eigenvalue weighted by atomic mass is 9.89. The first-order valence-electron chi connectivity index (χ1n) is 6.81. The molecule has 0 saturated carbocycles. The normalized spacial score (nSPS) is 20.3. The van der Waals surface area contributed by atoms with E-state index in [1.165, 1.54) is 24.3 Å². The van der Waals surface area contributed by atoms with Crippen LogP contribution in [0.1, 0.15) is 60.8 Å². The second-order valence-corrected chi connectivity index (χ2v) is 5.46. The van der Waals surface area contributed by atoms with Crippen molar-refractivity contribution in [3.05, 3.63) is 11.3 Å². The highest BCUT2D eigenvalue weighted by atomic mass is 14.8. The molecule has 1 rings (SSSR count). The van der Waals surface area contributed by atoms with Crippen LogP contribution in [0.2, 0.25) is 0 Å². The summed E-state index contributed by atoms with van der Waals surface area (Å²) < 4.78 is 0. The van der Waals surface area contributed by atoms with E-state index < -0.39 is 0 Å². The molecule has 2 unspecified atom stereocenters. The van der Waals surface area contributed by atoms with Crippen LogP contribution in [0.5, 0.6) is 0 Å². The zero-order valence-corrected chi connectivity index (χ0v) is 11.8. The molecule has 0 fully saturated rings. The number of nitrogens with zero attached hydrogens (tertiary/aromatic N) is 1. The first-order chi connectivity index (χ1) is 7.51. The zero-order chi connectivity index (χ0) is 12.3. The van der Waals surface area contributed by atoms with E-state index in [9.17, 15) is 0 Å². The number of rotatable bonds is 5. The van der Waals surface area contributed by atoms with Crippen molar-refractivity contribution in [2.45, 2.75) is 60.8 Å². The van der Waals surface area contributed by atoms with Gasteiger partial charge in [-0.05, 0) is 36.2 Å². The van der Waals surface area contributed by atoms with Gasteiger partial charge < -0.3 is 0 Å². The maximum Gasteiger partial charge on any atom is 0.0427 e. The number of hydrogen-bond donors (Lipinski definition) is 0. The Morgan fingerprint density at radius 3 is 2.00 bits per heavy atom. The summed E-state index contributed by atoms with van der Waals surface area (Å²) in [6.45, 7) is 13.7. The molecule has 1 heteroatoms. The van der Waals surface area contributed by atoms with Crippen LogP contribution in [0.25, 0.3) is 0 Å². The molecule has 1 aliphatic heterocycles. The van der Waals surface area contributed by atoms with E-state index in [-0.39, 0.29) is 0 Å². The van der Waals surface area contributed by atoms with Gasteiger partial charge in [-0.15, -0.1) is 0 Å². The van der Waals surface area contributed by atoms with Crippen molar-refractivity contribution in [1.82, 2.24) is 0 Å². The second kappa shape index (κ2) is 5.65. The predicted octanol–water partition coefficient (Wildman–Crippen LogP) is 4.83. The molecule has 0 aliphatic carbocycles. The highest BCUT2D eigenvalue weighted by Gasteiger charge is 2.25. The van der Waals surface area contributed by atoms with Gasteiger partial charge in [-0.1, -0.05) is 41.5 Å². The lowest BCUT2D eigenvalue weighted by molar-refractivity contribution is 0.619. The number of aliphatic imine (C=N–C) groups is 1. The van der Waals surface area contributed by atoms with Crippen molar-refractivity contribution in [3.8, 4) is 0 Å². The van der Waals surface area contributed by atoms with Gasteiger partial charge in [0.15, 0.2) is 0 Å². The largest absolute Gasteiger partial charge is 0.261 e. The molecule has 0 aromatic rings. The molecule has 1 aliphatic rings. The molecule has 0 amide bonds. The van der Waals surface area contributed by atoms with Crippen LogP contribution in [0, 0.1) is 17.8 Å². The number of allylic oxidation sites excluding steroid dienone is 2. The Hall–Kier alpha value is -0.590. The first-order valence-corrected chi connectivity index (χ1v) is 6.81. The summed E-state index contributed by atoms with van der Waals surface area (Å²) in [6.07, 6.45) is 3.57. The molecule has 2 atom stereocenters. The predicted molar refractivity (Wildman–Crippen MR) is 72.8 cm³/mol. The van der Waals surface area contributed by atoms with Gasteiger partial charge in [0, 0.05) is 17.8 Å². The Balaban J connectivity index is 2.90. The van der Waals surface area contributed by atoms with E-state index in [1.54, 1.807) is 5.57 Å². The molecule has 0 radical (unpaired) electrons. The van der Waals surface area contributed by atoms with Crippen molar-refractivity contribution >= 4 is 5.71 Å². The minimum Gasteiger partial charge on any atom is -0.261 e. The van der Waals surface area contributed by atoms with Crippen LogP contribution in [-0.2, 0) is 0 Å². The van der Waals surface area contributed by atoms with E-state index in [1.807, 2.05) is 0 Å². The fourth-order valence-corrected chi connectivity index (χ4v) is 2.24. The van der Waals surface area contributed by atoms with Crippen LogP contribution in [0.4, 0.5) is 0 Å². The smallest absolute Gasteiger partial charge is 0.0427 e. The third-order valence-corrected chi connectivity index (χ3v) is 3.90. The maximum atomic E-state index is 4.91. The minimum absolute atomic E-state index is 0.575. The Morgan fingerprint density at radius 2 is 1.56 bits per heavy atom. The van der Waals surface area contributed by atoms with Crippen molar-refractivity contribution in [3.63, 3.8) is 0 Å². The number of hydrogen-bond acceptors (Lipinski definition) is 1. The molecule has 0 aromatic carbocycles. The summed E-state index contributed by atoms with van der Waals surface area (Å²) in [7, 11) is 0. The average molecular weight is 221 g/mol. The Kier molecular flexibility index (Phi) is 4.76. The van der Waals surface area contributed by atoms with E-state index in [4.69, 9.17) is 4.99 Å². The van der Waals surface area contributed by atoms with E-state index in [0.717, 1.165) is 6.42 Å². The molecule has 0 saturated heterocycles. The third-order valence-electron chi connectivity index (χ3n) is 3.90. The Labute approximate surface area is 101 Å². The monoisotopic (exact) mass is 221 g/mol. The summed E-state index contributed by atoms with van der Waals surface area (Å²) in [5, 5.41) is 0. The summed E-state index contributed by atoms with van der Waals surface area (Å²) in [6, 6.07) is 0. The maximum absolute atomic E-state index is 4.91.